The van der Waals surface area contributed by atoms with Crippen LogP contribution in [0.1, 0.15) is 63.1 Å². The molecule has 1 aromatic heterocycles. The molecule has 0 aromatic carbocycles. The third-order valence-electron chi connectivity index (χ3n) is 3.99. The standard InChI is InChI=1S/C15H27N3O2/c1-3-10-16-13-8-6-12(7-9-13)15-17-14(18-20-15)5-4-11-19-2/h12-13,16H,3-11H2,1-2H3. The number of methoxy groups -OCH3 is 1. The molecule has 0 amide bonds. The molecule has 1 heterocycles. The lowest BCUT2D eigenvalue weighted by Gasteiger charge is -2.27. The van der Waals surface area contributed by atoms with Gasteiger partial charge < -0.3 is 14.6 Å². The molecule has 1 aliphatic carbocycles. The van der Waals surface area contributed by atoms with Gasteiger partial charge in [-0.05, 0) is 45.1 Å². The molecular weight excluding hydrogens is 254 g/mol. The van der Waals surface area contributed by atoms with Crippen LogP contribution >= 0.6 is 0 Å². The number of nitrogens with one attached hydrogen (secondary N) is 1. The van der Waals surface area contributed by atoms with Crippen molar-refractivity contribution >= 4 is 0 Å². The first-order valence-electron chi connectivity index (χ1n) is 7.88. The van der Waals surface area contributed by atoms with E-state index >= 15 is 0 Å². The summed E-state index contributed by atoms with van der Waals surface area (Å²) in [4.78, 5) is 4.54. The summed E-state index contributed by atoms with van der Waals surface area (Å²) >= 11 is 0. The van der Waals surface area contributed by atoms with Crippen molar-refractivity contribution in [2.24, 2.45) is 0 Å². The quantitative estimate of drug-likeness (QED) is 0.742. The molecule has 0 aliphatic heterocycles. The number of ether oxygens (including phenoxy) is 1. The lowest BCUT2D eigenvalue weighted by molar-refractivity contribution is 0.194. The zero-order chi connectivity index (χ0) is 14.2. The number of aryl methyl sites for hydroxylation is 1. The number of hydrogen-bond acceptors (Lipinski definition) is 5. The van der Waals surface area contributed by atoms with Gasteiger partial charge >= 0.3 is 0 Å². The van der Waals surface area contributed by atoms with Crippen molar-refractivity contribution in [1.82, 2.24) is 15.5 Å². The van der Waals surface area contributed by atoms with Crippen molar-refractivity contribution in [3.8, 4) is 0 Å². The van der Waals surface area contributed by atoms with Crippen LogP contribution in [0, 0.1) is 0 Å². The van der Waals surface area contributed by atoms with E-state index in [-0.39, 0.29) is 0 Å². The van der Waals surface area contributed by atoms with Crippen LogP contribution in [-0.4, -0.2) is 36.4 Å². The van der Waals surface area contributed by atoms with E-state index in [1.165, 1.54) is 19.3 Å². The number of nitrogens with zero attached hydrogens (tertiary/aromatic N) is 2. The molecule has 0 radical (unpaired) electrons. The Kier molecular flexibility index (Phi) is 6.47. The summed E-state index contributed by atoms with van der Waals surface area (Å²) in [7, 11) is 1.71. The van der Waals surface area contributed by atoms with Crippen LogP contribution in [0.2, 0.25) is 0 Å². The molecule has 1 aromatic rings. The Morgan fingerprint density at radius 1 is 1.30 bits per heavy atom. The number of hydrogen-bond donors (Lipinski definition) is 1. The molecule has 0 spiro atoms. The summed E-state index contributed by atoms with van der Waals surface area (Å²) in [5.74, 6) is 2.12. The van der Waals surface area contributed by atoms with Crippen LogP contribution < -0.4 is 5.32 Å². The summed E-state index contributed by atoms with van der Waals surface area (Å²) in [5.41, 5.74) is 0. The highest BCUT2D eigenvalue weighted by Gasteiger charge is 2.25. The molecule has 2 rings (SSSR count). The Morgan fingerprint density at radius 3 is 2.80 bits per heavy atom. The second kappa shape index (κ2) is 8.37. The molecule has 0 unspecified atom stereocenters. The number of rotatable bonds is 8. The molecule has 5 heteroatoms. The van der Waals surface area contributed by atoms with Crippen molar-refractivity contribution in [3.05, 3.63) is 11.7 Å². The average molecular weight is 281 g/mol. The minimum Gasteiger partial charge on any atom is -0.385 e. The van der Waals surface area contributed by atoms with E-state index < -0.39 is 0 Å². The molecule has 1 N–H and O–H groups in total. The van der Waals surface area contributed by atoms with Gasteiger partial charge in [0.15, 0.2) is 5.82 Å². The van der Waals surface area contributed by atoms with E-state index in [1.807, 2.05) is 0 Å². The topological polar surface area (TPSA) is 60.2 Å². The van der Waals surface area contributed by atoms with Gasteiger partial charge in [0.1, 0.15) is 0 Å². The van der Waals surface area contributed by atoms with E-state index in [9.17, 15) is 0 Å². The fourth-order valence-electron chi connectivity index (χ4n) is 2.80. The van der Waals surface area contributed by atoms with Crippen molar-refractivity contribution in [2.75, 3.05) is 20.3 Å². The van der Waals surface area contributed by atoms with Gasteiger partial charge in [0, 0.05) is 32.1 Å². The van der Waals surface area contributed by atoms with E-state index in [0.717, 1.165) is 50.6 Å². The zero-order valence-corrected chi connectivity index (χ0v) is 12.7. The molecule has 5 nitrogen and oxygen atoms in total. The largest absolute Gasteiger partial charge is 0.385 e. The molecule has 0 saturated heterocycles. The van der Waals surface area contributed by atoms with Crippen LogP contribution in [-0.2, 0) is 11.2 Å². The maximum atomic E-state index is 5.43. The zero-order valence-electron chi connectivity index (χ0n) is 12.7. The predicted octanol–water partition coefficient (Wildman–Crippen LogP) is 2.67. The first kappa shape index (κ1) is 15.4. The second-order valence-electron chi connectivity index (χ2n) is 5.65. The van der Waals surface area contributed by atoms with Gasteiger partial charge in [0.25, 0.3) is 0 Å². The Hall–Kier alpha value is -0.940. The van der Waals surface area contributed by atoms with Crippen molar-refractivity contribution in [1.29, 1.82) is 0 Å². The van der Waals surface area contributed by atoms with Gasteiger partial charge in [0.2, 0.25) is 5.89 Å². The Labute approximate surface area is 121 Å². The molecule has 1 aliphatic rings. The van der Waals surface area contributed by atoms with Gasteiger partial charge in [0.05, 0.1) is 0 Å². The third-order valence-corrected chi connectivity index (χ3v) is 3.99. The van der Waals surface area contributed by atoms with Crippen LogP contribution in [0.5, 0.6) is 0 Å². The maximum Gasteiger partial charge on any atom is 0.229 e. The Morgan fingerprint density at radius 2 is 2.10 bits per heavy atom. The van der Waals surface area contributed by atoms with E-state index in [1.54, 1.807) is 7.11 Å². The fourth-order valence-corrected chi connectivity index (χ4v) is 2.80. The van der Waals surface area contributed by atoms with Crippen LogP contribution in [0.15, 0.2) is 4.52 Å². The smallest absolute Gasteiger partial charge is 0.229 e. The second-order valence-corrected chi connectivity index (χ2v) is 5.65. The van der Waals surface area contributed by atoms with E-state index in [0.29, 0.717) is 12.0 Å². The molecule has 0 bridgehead atoms. The SMILES string of the molecule is CCCNC1CCC(c2nc(CCCOC)no2)CC1. The van der Waals surface area contributed by atoms with Crippen molar-refractivity contribution in [3.63, 3.8) is 0 Å². The van der Waals surface area contributed by atoms with Gasteiger partial charge in [-0.1, -0.05) is 12.1 Å². The molecule has 20 heavy (non-hydrogen) atoms. The van der Waals surface area contributed by atoms with Gasteiger partial charge in [-0.2, -0.15) is 4.98 Å². The molecule has 1 saturated carbocycles. The first-order chi connectivity index (χ1) is 9.83. The Bertz CT molecular complexity index is 373. The minimum absolute atomic E-state index is 0.457. The summed E-state index contributed by atoms with van der Waals surface area (Å²) in [6.07, 6.45) is 7.72. The predicted molar refractivity (Wildman–Crippen MR) is 77.8 cm³/mol. The van der Waals surface area contributed by atoms with Gasteiger partial charge in [-0.25, -0.2) is 0 Å². The maximum absolute atomic E-state index is 5.43. The van der Waals surface area contributed by atoms with Gasteiger partial charge in [-0.3, -0.25) is 0 Å². The molecule has 114 valence electrons. The molecule has 1 fully saturated rings. The molecule has 0 atom stereocenters. The number of aromatic nitrogens is 2. The van der Waals surface area contributed by atoms with Crippen LogP contribution in [0.4, 0.5) is 0 Å². The lowest BCUT2D eigenvalue weighted by atomic mass is 9.86. The third kappa shape index (κ3) is 4.56. The lowest BCUT2D eigenvalue weighted by Crippen LogP contribution is -2.33. The Balaban J connectivity index is 1.75. The van der Waals surface area contributed by atoms with Crippen molar-refractivity contribution in [2.45, 2.75) is 63.8 Å². The normalized spacial score (nSPS) is 23.1. The van der Waals surface area contributed by atoms with E-state index in [2.05, 4.69) is 22.4 Å². The fraction of sp³-hybridized carbons (Fsp3) is 0.867. The highest BCUT2D eigenvalue weighted by atomic mass is 16.5. The summed E-state index contributed by atoms with van der Waals surface area (Å²) < 4.78 is 10.5. The highest BCUT2D eigenvalue weighted by Crippen LogP contribution is 2.31. The average Bonchev–Trinajstić information content (AvgIpc) is 2.95. The summed E-state index contributed by atoms with van der Waals surface area (Å²) in [6.45, 7) is 4.08. The van der Waals surface area contributed by atoms with Crippen molar-refractivity contribution < 1.29 is 9.26 Å². The van der Waals surface area contributed by atoms with Crippen LogP contribution in [0.25, 0.3) is 0 Å². The van der Waals surface area contributed by atoms with E-state index in [4.69, 9.17) is 9.26 Å². The summed E-state index contributed by atoms with van der Waals surface area (Å²) in [5, 5.41) is 7.68. The van der Waals surface area contributed by atoms with Gasteiger partial charge in [-0.15, -0.1) is 0 Å². The molecular formula is C15H27N3O2. The first-order valence-corrected chi connectivity index (χ1v) is 7.88. The summed E-state index contributed by atoms with van der Waals surface area (Å²) in [6, 6.07) is 0.676. The minimum atomic E-state index is 0.457. The highest BCUT2D eigenvalue weighted by molar-refractivity contribution is 4.97. The van der Waals surface area contributed by atoms with Crippen LogP contribution in [0.3, 0.4) is 0 Å². The monoisotopic (exact) mass is 281 g/mol.